The molecule has 0 saturated heterocycles. The van der Waals surface area contributed by atoms with Crippen molar-refractivity contribution in [3.8, 4) is 0 Å². The maximum absolute atomic E-state index is 10.4. The fourth-order valence-electron chi connectivity index (χ4n) is 0.0535. The summed E-state index contributed by atoms with van der Waals surface area (Å²) in [6.07, 6.45) is 0. The lowest BCUT2D eigenvalue weighted by atomic mass is 11.4. The van der Waals surface area contributed by atoms with E-state index in [1.807, 2.05) is 0 Å². The molecule has 0 aromatic carbocycles. The van der Waals surface area contributed by atoms with Crippen LogP contribution in [0.3, 0.4) is 0 Å². The van der Waals surface area contributed by atoms with Crippen molar-refractivity contribution in [3.05, 3.63) is 0 Å². The molecule has 0 aliphatic carbocycles. The van der Waals surface area contributed by atoms with E-state index >= 15 is 0 Å². The molecule has 0 aliphatic heterocycles. The zero-order chi connectivity index (χ0) is 4.83. The Morgan fingerprint density at radius 2 is 2.50 bits per heavy atom. The quantitative estimate of drug-likeness (QED) is 0.281. The van der Waals surface area contributed by atoms with E-state index in [9.17, 15) is 4.53 Å². The van der Waals surface area contributed by atoms with Crippen LogP contribution in [-0.4, -0.2) is 13.3 Å². The van der Waals surface area contributed by atoms with Gasteiger partial charge in [-0.05, 0) is 4.53 Å². The Labute approximate surface area is 33.6 Å². The van der Waals surface area contributed by atoms with Gasteiger partial charge in [0, 0.05) is 0 Å². The highest BCUT2D eigenvalue weighted by molar-refractivity contribution is 5.36. The molecule has 0 atom stereocenters. The molecule has 6 heavy (non-hydrogen) atoms. The topological polar surface area (TPSA) is 35.5 Å². The van der Waals surface area contributed by atoms with E-state index in [-0.39, 0.29) is 6.47 Å². The van der Waals surface area contributed by atoms with E-state index in [1.165, 1.54) is 0 Å². The first-order chi connectivity index (χ1) is 2.91. The standard InChI is InChI=1S/C2H3FO3/c3-6-2-5-1-4/h1H,2H2. The van der Waals surface area contributed by atoms with Gasteiger partial charge in [0.05, 0.1) is 0 Å². The zero-order valence-corrected chi connectivity index (χ0v) is 2.89. The Balaban J connectivity index is 2.49. The van der Waals surface area contributed by atoms with Gasteiger partial charge < -0.3 is 4.74 Å². The molecular formula is C2H3FO3. The molecule has 0 unspecified atom stereocenters. The van der Waals surface area contributed by atoms with Gasteiger partial charge in [-0.25, -0.2) is 0 Å². The van der Waals surface area contributed by atoms with E-state index in [4.69, 9.17) is 4.79 Å². The largest absolute Gasteiger partial charge is 0.437 e. The Bertz CT molecular complexity index is 37.8. The smallest absolute Gasteiger partial charge is 0.295 e. The van der Waals surface area contributed by atoms with E-state index < -0.39 is 6.79 Å². The highest BCUT2D eigenvalue weighted by Gasteiger charge is 1.74. The van der Waals surface area contributed by atoms with E-state index in [0.717, 1.165) is 0 Å². The maximum Gasteiger partial charge on any atom is 0.295 e. The lowest BCUT2D eigenvalue weighted by molar-refractivity contribution is -0.206. The predicted molar refractivity (Wildman–Crippen MR) is 14.2 cm³/mol. The lowest BCUT2D eigenvalue weighted by Crippen LogP contribution is -1.88. The van der Waals surface area contributed by atoms with Gasteiger partial charge in [-0.3, -0.25) is 4.79 Å². The summed E-state index contributed by atoms with van der Waals surface area (Å²) in [6, 6.07) is 0. The van der Waals surface area contributed by atoms with Crippen LogP contribution in [0.5, 0.6) is 0 Å². The summed E-state index contributed by atoms with van der Waals surface area (Å²) in [5.41, 5.74) is 0. The third kappa shape index (κ3) is 3.36. The minimum atomic E-state index is -0.622. The molecule has 0 heterocycles. The first-order valence-electron chi connectivity index (χ1n) is 1.20. The number of halogens is 1. The van der Waals surface area contributed by atoms with Crippen LogP contribution in [-0.2, 0) is 14.5 Å². The van der Waals surface area contributed by atoms with Crippen LogP contribution < -0.4 is 0 Å². The number of ether oxygens (including phenoxy) is 1. The molecule has 0 aliphatic rings. The second-order valence-electron chi connectivity index (χ2n) is 0.490. The Hall–Kier alpha value is -0.640. The molecule has 0 fully saturated rings. The van der Waals surface area contributed by atoms with Gasteiger partial charge in [0.25, 0.3) is 6.47 Å². The summed E-state index contributed by atoms with van der Waals surface area (Å²) in [5.74, 6) is 0. The van der Waals surface area contributed by atoms with Crippen molar-refractivity contribution in [3.63, 3.8) is 0 Å². The summed E-state index contributed by atoms with van der Waals surface area (Å²) in [4.78, 5) is 11.9. The van der Waals surface area contributed by atoms with Gasteiger partial charge in [0.2, 0.25) is 6.79 Å². The number of carbonyl (C=O) groups excluding carboxylic acids is 1. The summed E-state index contributed by atoms with van der Waals surface area (Å²) in [6.45, 7) is -0.525. The first-order valence-corrected chi connectivity index (χ1v) is 1.20. The second-order valence-corrected chi connectivity index (χ2v) is 0.490. The van der Waals surface area contributed by atoms with Gasteiger partial charge in [0.15, 0.2) is 0 Å². The van der Waals surface area contributed by atoms with Gasteiger partial charge >= 0.3 is 0 Å². The highest BCUT2D eigenvalue weighted by Crippen LogP contribution is 1.69. The van der Waals surface area contributed by atoms with Crippen LogP contribution in [0.15, 0.2) is 0 Å². The molecule has 0 bridgehead atoms. The van der Waals surface area contributed by atoms with Crippen molar-refractivity contribution in [1.82, 2.24) is 0 Å². The molecule has 0 rings (SSSR count). The van der Waals surface area contributed by atoms with Crippen molar-refractivity contribution in [2.75, 3.05) is 6.79 Å². The summed E-state index contributed by atoms with van der Waals surface area (Å²) < 4.78 is 14.1. The van der Waals surface area contributed by atoms with E-state index in [0.29, 0.717) is 0 Å². The molecule has 0 N–H and O–H groups in total. The van der Waals surface area contributed by atoms with Crippen molar-refractivity contribution in [1.29, 1.82) is 0 Å². The Morgan fingerprint density at radius 1 is 1.83 bits per heavy atom. The molecule has 36 valence electrons. The molecule has 4 heteroatoms. The van der Waals surface area contributed by atoms with Crippen molar-refractivity contribution in [2.24, 2.45) is 0 Å². The Morgan fingerprint density at radius 3 is 2.67 bits per heavy atom. The molecule has 0 amide bonds. The van der Waals surface area contributed by atoms with Gasteiger partial charge in [-0.2, -0.15) is 4.94 Å². The normalized spacial score (nSPS) is 7.50. The molecule has 0 saturated carbocycles. The fraction of sp³-hybridized carbons (Fsp3) is 0.500. The fourth-order valence-corrected chi connectivity index (χ4v) is 0.0535. The third-order valence-corrected chi connectivity index (χ3v) is 0.181. The van der Waals surface area contributed by atoms with Gasteiger partial charge in [0.1, 0.15) is 0 Å². The lowest BCUT2D eigenvalue weighted by Gasteiger charge is -1.84. The maximum atomic E-state index is 10.4. The van der Waals surface area contributed by atoms with Crippen molar-refractivity contribution < 1.29 is 19.0 Å². The average Bonchev–Trinajstić information content (AvgIpc) is 1.61. The number of hydrogen-bond donors (Lipinski definition) is 0. The summed E-state index contributed by atoms with van der Waals surface area (Å²) in [5, 5.41) is 0. The molecule has 0 radical (unpaired) electrons. The highest BCUT2D eigenvalue weighted by atomic mass is 19.3. The van der Waals surface area contributed by atoms with Crippen LogP contribution in [0.1, 0.15) is 0 Å². The van der Waals surface area contributed by atoms with E-state index in [1.54, 1.807) is 0 Å². The second kappa shape index (κ2) is 4.36. The predicted octanol–water partition coefficient (Wildman–Crippen LogP) is 0.0180. The van der Waals surface area contributed by atoms with Crippen LogP contribution in [0.2, 0.25) is 0 Å². The average molecular weight is 94.0 g/mol. The first kappa shape index (κ1) is 5.36. The number of rotatable bonds is 3. The van der Waals surface area contributed by atoms with Gasteiger partial charge in [-0.1, -0.05) is 0 Å². The molecule has 0 aromatic heterocycles. The summed E-state index contributed by atoms with van der Waals surface area (Å²) >= 11 is 0. The van der Waals surface area contributed by atoms with Crippen LogP contribution >= 0.6 is 0 Å². The van der Waals surface area contributed by atoms with E-state index in [2.05, 4.69) is 9.68 Å². The van der Waals surface area contributed by atoms with Gasteiger partial charge in [-0.15, -0.1) is 0 Å². The SMILES string of the molecule is O=COCOF. The molecule has 0 spiro atoms. The van der Waals surface area contributed by atoms with Crippen LogP contribution in [0.25, 0.3) is 0 Å². The molecular weight excluding hydrogens is 91.0 g/mol. The van der Waals surface area contributed by atoms with Crippen molar-refractivity contribution >= 4 is 6.47 Å². The summed E-state index contributed by atoms with van der Waals surface area (Å²) in [7, 11) is 0. The number of hydrogen-bond acceptors (Lipinski definition) is 3. The molecule has 3 nitrogen and oxygen atoms in total. The van der Waals surface area contributed by atoms with Crippen molar-refractivity contribution in [2.45, 2.75) is 0 Å². The molecule has 0 aromatic rings. The third-order valence-electron chi connectivity index (χ3n) is 0.181. The monoisotopic (exact) mass is 94.0 g/mol. The minimum absolute atomic E-state index is 0.0968. The number of carbonyl (C=O) groups is 1. The van der Waals surface area contributed by atoms with Crippen LogP contribution in [0, 0.1) is 0 Å². The minimum Gasteiger partial charge on any atom is -0.437 e. The van der Waals surface area contributed by atoms with Crippen LogP contribution in [0.4, 0.5) is 4.53 Å². The zero-order valence-electron chi connectivity index (χ0n) is 2.89. The Kier molecular flexibility index (Phi) is 3.89.